The SMILES string of the molecule is C=CC(C)(C)/C=C\C=C\C(=NC/C1=C/C=C(/[C@H](C)[C@H]2C=CC=C(C3=CC=CC4=CC5=CC(C5)[C@H]43)[C@H]2C)C/C=C\C=C/[C@H]1C)N=C(C)c1ccc(C(C)(C)C)cc1. The van der Waals surface area contributed by atoms with E-state index in [1.165, 1.54) is 45.4 Å². The van der Waals surface area contributed by atoms with Gasteiger partial charge in [0.15, 0.2) is 0 Å². The fraction of sp³-hybridized carbons (Fsp3) is 0.370. The number of allylic oxidation sites excluding steroid dienone is 23. The molecule has 0 amide bonds. The van der Waals surface area contributed by atoms with Crippen LogP contribution >= 0.6 is 0 Å². The Balaban J connectivity index is 1.26. The van der Waals surface area contributed by atoms with Gasteiger partial charge in [0.1, 0.15) is 5.84 Å². The monoisotopic (exact) mass is 741 g/mol. The number of hydrogen-bond acceptors (Lipinski definition) is 1. The molecule has 2 heteroatoms. The van der Waals surface area contributed by atoms with Crippen LogP contribution in [0.15, 0.2) is 190 Å². The van der Waals surface area contributed by atoms with Gasteiger partial charge in [-0.1, -0.05) is 200 Å². The van der Waals surface area contributed by atoms with Crippen molar-refractivity contribution in [1.29, 1.82) is 0 Å². The van der Waals surface area contributed by atoms with Crippen LogP contribution in [0, 0.1) is 40.9 Å². The summed E-state index contributed by atoms with van der Waals surface area (Å²) in [4.78, 5) is 10.3. The topological polar surface area (TPSA) is 24.7 Å². The van der Waals surface area contributed by atoms with Gasteiger partial charge < -0.3 is 0 Å². The molecule has 0 radical (unpaired) electrons. The molecule has 0 spiro atoms. The molecule has 0 aromatic heterocycles. The third-order valence-electron chi connectivity index (χ3n) is 12.5. The van der Waals surface area contributed by atoms with E-state index in [0.717, 1.165) is 17.7 Å². The Morgan fingerprint density at radius 3 is 2.39 bits per heavy atom. The second-order valence-electron chi connectivity index (χ2n) is 18.1. The molecule has 290 valence electrons. The first kappa shape index (κ1) is 40.8. The van der Waals surface area contributed by atoms with Gasteiger partial charge in [-0.05, 0) is 94.3 Å². The summed E-state index contributed by atoms with van der Waals surface area (Å²) in [5, 5.41) is 0. The molecule has 56 heavy (non-hydrogen) atoms. The lowest BCUT2D eigenvalue weighted by Crippen LogP contribution is -2.32. The van der Waals surface area contributed by atoms with Crippen molar-refractivity contribution in [1.82, 2.24) is 0 Å². The number of rotatable bonds is 10. The van der Waals surface area contributed by atoms with E-state index in [4.69, 9.17) is 9.98 Å². The van der Waals surface area contributed by atoms with Crippen LogP contribution in [0.3, 0.4) is 0 Å². The van der Waals surface area contributed by atoms with Gasteiger partial charge in [-0.3, -0.25) is 4.99 Å². The van der Waals surface area contributed by atoms with Crippen molar-refractivity contribution >= 4 is 11.5 Å². The van der Waals surface area contributed by atoms with Crippen LogP contribution in [0.25, 0.3) is 0 Å². The van der Waals surface area contributed by atoms with Gasteiger partial charge >= 0.3 is 0 Å². The number of amidine groups is 1. The maximum atomic E-state index is 5.18. The largest absolute Gasteiger partial charge is 0.262 e. The van der Waals surface area contributed by atoms with Gasteiger partial charge in [-0.25, -0.2) is 4.99 Å². The number of benzene rings is 1. The quantitative estimate of drug-likeness (QED) is 0.0988. The first-order valence-electron chi connectivity index (χ1n) is 20.9. The number of aliphatic imine (C=N–C) groups is 2. The summed E-state index contributed by atoms with van der Waals surface area (Å²) in [6, 6.07) is 8.79. The molecule has 2 bridgehead atoms. The predicted octanol–water partition coefficient (Wildman–Crippen LogP) is 13.9. The van der Waals surface area contributed by atoms with Gasteiger partial charge in [0, 0.05) is 17.0 Å². The molecule has 1 aromatic carbocycles. The molecule has 0 heterocycles. The Morgan fingerprint density at radius 2 is 1.66 bits per heavy atom. The van der Waals surface area contributed by atoms with E-state index in [0.29, 0.717) is 42.0 Å². The summed E-state index contributed by atoms with van der Waals surface area (Å²) in [6.07, 6.45) is 45.3. The van der Waals surface area contributed by atoms with Gasteiger partial charge in [-0.15, -0.1) is 6.58 Å². The van der Waals surface area contributed by atoms with Crippen LogP contribution in [0.1, 0.15) is 86.3 Å². The predicted molar refractivity (Wildman–Crippen MR) is 244 cm³/mol. The Bertz CT molecular complexity index is 2090. The maximum absolute atomic E-state index is 5.18. The van der Waals surface area contributed by atoms with Crippen LogP contribution in [-0.2, 0) is 5.41 Å². The Morgan fingerprint density at radius 1 is 0.911 bits per heavy atom. The van der Waals surface area contributed by atoms with Gasteiger partial charge in [0.25, 0.3) is 0 Å². The minimum absolute atomic E-state index is 0.0874. The summed E-state index contributed by atoms with van der Waals surface area (Å²) >= 11 is 0. The summed E-state index contributed by atoms with van der Waals surface area (Å²) in [6.45, 7) is 24.8. The van der Waals surface area contributed by atoms with E-state index < -0.39 is 0 Å². The average Bonchev–Trinajstić information content (AvgIpc) is 3.17. The molecule has 1 aromatic rings. The normalized spacial score (nSPS) is 29.1. The van der Waals surface area contributed by atoms with Gasteiger partial charge in [-0.2, -0.15) is 0 Å². The zero-order valence-corrected chi connectivity index (χ0v) is 35.5. The standard InChI is InChI=1S/C54H64N2/c1-11-54(9,10)32-16-15-25-51(56-40(5)43-28-30-47(31-29-43)53(6,7)8)55-36-45-27-26-42(20-14-12-13-19-37(45)2)38(3)48-22-18-23-49(39(48)4)50-24-17-21-44-33-41-34-46(35-41)52(44)50/h11-19,21-34,37-39,46,48,52H,1,20,35-36H2,2-10H3/b14-12-,19-13-,25-15+,32-16-,42-26+,45-27-,55-51?,56-40?/t37-,38+,39+,46?,48-,52+/m1/s1. The van der Waals surface area contributed by atoms with E-state index >= 15 is 0 Å². The molecule has 7 rings (SSSR count). The lowest BCUT2D eigenvalue weighted by molar-refractivity contribution is 0.371. The maximum Gasteiger partial charge on any atom is 0.147 e. The van der Waals surface area contributed by atoms with Crippen LogP contribution < -0.4 is 0 Å². The van der Waals surface area contributed by atoms with Crippen molar-refractivity contribution in [2.45, 2.75) is 80.6 Å². The zero-order chi connectivity index (χ0) is 40.0. The van der Waals surface area contributed by atoms with Crippen molar-refractivity contribution in [2.75, 3.05) is 6.54 Å². The fourth-order valence-electron chi connectivity index (χ4n) is 8.47. The first-order chi connectivity index (χ1) is 26.7. The van der Waals surface area contributed by atoms with Crippen LogP contribution in [0.4, 0.5) is 0 Å². The molecule has 0 aliphatic heterocycles. The van der Waals surface area contributed by atoms with E-state index in [-0.39, 0.29) is 16.7 Å². The fourth-order valence-corrected chi connectivity index (χ4v) is 8.47. The summed E-state index contributed by atoms with van der Waals surface area (Å²) in [7, 11) is 0. The molecular formula is C54H64N2. The van der Waals surface area contributed by atoms with E-state index in [9.17, 15) is 0 Å². The first-order valence-corrected chi connectivity index (χ1v) is 20.9. The molecule has 0 saturated heterocycles. The highest BCUT2D eigenvalue weighted by Crippen LogP contribution is 2.51. The number of nitrogens with zero attached hydrogens (tertiary/aromatic N) is 2. The highest BCUT2D eigenvalue weighted by atomic mass is 14.9. The smallest absolute Gasteiger partial charge is 0.147 e. The van der Waals surface area contributed by atoms with Crippen molar-refractivity contribution in [3.8, 4) is 0 Å². The van der Waals surface area contributed by atoms with E-state index in [2.05, 4.69) is 190 Å². The van der Waals surface area contributed by atoms with Crippen LogP contribution in [-0.4, -0.2) is 18.1 Å². The second kappa shape index (κ2) is 17.5. The minimum Gasteiger partial charge on any atom is -0.262 e. The molecule has 0 saturated carbocycles. The van der Waals surface area contributed by atoms with Gasteiger partial charge in [0.05, 0.1) is 6.54 Å². The van der Waals surface area contributed by atoms with E-state index in [1.54, 1.807) is 0 Å². The highest BCUT2D eigenvalue weighted by molar-refractivity contribution is 6.09. The Labute approximate surface area is 339 Å². The minimum atomic E-state index is -0.0874. The second-order valence-corrected chi connectivity index (χ2v) is 18.1. The Kier molecular flexibility index (Phi) is 12.8. The van der Waals surface area contributed by atoms with Gasteiger partial charge in [0.2, 0.25) is 0 Å². The van der Waals surface area contributed by atoms with Crippen molar-refractivity contribution in [2.24, 2.45) is 50.9 Å². The zero-order valence-electron chi connectivity index (χ0n) is 35.5. The molecule has 0 fully saturated rings. The van der Waals surface area contributed by atoms with Crippen molar-refractivity contribution in [3.63, 3.8) is 0 Å². The number of hydrogen-bond donors (Lipinski definition) is 0. The van der Waals surface area contributed by atoms with Crippen molar-refractivity contribution in [3.05, 3.63) is 191 Å². The highest BCUT2D eigenvalue weighted by Gasteiger charge is 2.40. The third kappa shape index (κ3) is 9.76. The molecule has 6 atom stereocenters. The average molecular weight is 741 g/mol. The molecule has 6 aliphatic carbocycles. The lowest BCUT2D eigenvalue weighted by Gasteiger charge is -2.43. The lowest BCUT2D eigenvalue weighted by atomic mass is 9.61. The molecule has 6 aliphatic rings. The van der Waals surface area contributed by atoms with E-state index in [1.807, 2.05) is 18.2 Å². The summed E-state index contributed by atoms with van der Waals surface area (Å²) in [5.41, 5.74) is 12.2. The van der Waals surface area contributed by atoms with Crippen LogP contribution in [0.2, 0.25) is 0 Å². The molecular weight excluding hydrogens is 677 g/mol. The molecule has 0 N–H and O–H groups in total. The summed E-state index contributed by atoms with van der Waals surface area (Å²) < 4.78 is 0. The van der Waals surface area contributed by atoms with Crippen molar-refractivity contribution < 1.29 is 0 Å². The molecule has 2 nitrogen and oxygen atoms in total. The van der Waals surface area contributed by atoms with Crippen LogP contribution in [0.5, 0.6) is 0 Å². The summed E-state index contributed by atoms with van der Waals surface area (Å²) in [5.74, 6) is 3.32. The Hall–Kier alpha value is -4.82. The third-order valence-corrected chi connectivity index (χ3v) is 12.5. The molecule has 1 unspecified atom stereocenters.